The topological polar surface area (TPSA) is 334 Å². The molecule has 0 saturated heterocycles. The first-order chi connectivity index (χ1) is 28.2. The van der Waals surface area contributed by atoms with Crippen LogP contribution in [0.25, 0.3) is 0 Å². The Bertz CT molecular complexity index is 1140. The Morgan fingerprint density at radius 3 is 0.590 bits per heavy atom. The molecule has 0 fully saturated rings. The van der Waals surface area contributed by atoms with Gasteiger partial charge in [0.1, 0.15) is 49.6 Å². The van der Waals surface area contributed by atoms with E-state index in [1.165, 1.54) is 0 Å². The summed E-state index contributed by atoms with van der Waals surface area (Å²) in [6.45, 7) is 9.41. The number of ether oxygens (including phenoxy) is 4. The largest absolute Gasteiger partial charge is 4.00 e. The van der Waals surface area contributed by atoms with Gasteiger partial charge in [0.05, 0.1) is 25.7 Å². The number of carboxylic acid groups (broad SMARTS) is 4. The fourth-order valence-corrected chi connectivity index (χ4v) is 3.71. The molecule has 0 saturated carbocycles. The summed E-state index contributed by atoms with van der Waals surface area (Å²) in [7, 11) is 0. The zero-order chi connectivity index (χ0) is 46.7. The Kier molecular flexibility index (Phi) is 50.9. The van der Waals surface area contributed by atoms with Crippen molar-refractivity contribution >= 4 is 70.1 Å². The Balaban J connectivity index is -0.000000227. The molecule has 0 unspecified atom stereocenters. The minimum absolute atomic E-state index is 0. The molecule has 0 amide bonds. The van der Waals surface area contributed by atoms with Gasteiger partial charge in [0.2, 0.25) is 0 Å². The molecule has 0 aliphatic rings. The van der Waals surface area contributed by atoms with E-state index in [1.54, 1.807) is 0 Å². The molecule has 0 bridgehead atoms. The summed E-state index contributed by atoms with van der Waals surface area (Å²) in [6, 6.07) is 0. The summed E-state index contributed by atoms with van der Waals surface area (Å²) in [4.78, 5) is 128. The van der Waals surface area contributed by atoms with Gasteiger partial charge in [-0.15, -0.1) is 0 Å². The van der Waals surface area contributed by atoms with Gasteiger partial charge < -0.3 is 58.6 Å². The number of Topliss-reactive ketones (excluding diaryl/α,β-unsaturated/α-hetero) is 8. The number of ketones is 8. The van der Waals surface area contributed by atoms with E-state index in [9.17, 15) is 78.0 Å². The quantitative estimate of drug-likeness (QED) is 0.0479. The normalized spacial score (nSPS) is 9.77. The van der Waals surface area contributed by atoms with Crippen molar-refractivity contribution in [1.29, 1.82) is 0 Å². The average Bonchev–Trinajstić information content (AvgIpc) is 3.11. The smallest absolute Gasteiger partial charge is 0.550 e. The molecule has 61 heavy (non-hydrogen) atoms. The van der Waals surface area contributed by atoms with Crippen LogP contribution in [0, 0.1) is 0 Å². The number of carbonyl (C=O) groups excluding carboxylic acids is 12. The van der Waals surface area contributed by atoms with E-state index in [1.807, 2.05) is 27.7 Å². The number of unbranched alkanes of at least 4 members (excludes halogenated alkanes) is 4. The van der Waals surface area contributed by atoms with Crippen molar-refractivity contribution in [2.75, 3.05) is 52.9 Å². The maximum atomic E-state index is 11.0. The van der Waals surface area contributed by atoms with Crippen LogP contribution in [0.3, 0.4) is 0 Å². The minimum Gasteiger partial charge on any atom is -0.550 e. The standard InChI is InChI=1S/4C10H16O5.Zr/c4*1-2-3-4-15-7-9(12)5-8(11)6-10(13)14;/h4*2-7H2,1H3,(H,13,14);/q;;;;+4/p-4. The molecule has 0 radical (unpaired) electrons. The first-order valence-electron chi connectivity index (χ1n) is 19.5. The maximum absolute atomic E-state index is 11.0. The van der Waals surface area contributed by atoms with Gasteiger partial charge in [-0.25, -0.2) is 0 Å². The summed E-state index contributed by atoms with van der Waals surface area (Å²) < 4.78 is 19.9. The second-order valence-electron chi connectivity index (χ2n) is 12.8. The first-order valence-corrected chi connectivity index (χ1v) is 19.5. The Labute approximate surface area is 375 Å². The monoisotopic (exact) mass is 950 g/mol. The predicted molar refractivity (Wildman–Crippen MR) is 200 cm³/mol. The van der Waals surface area contributed by atoms with Crippen molar-refractivity contribution in [3.05, 3.63) is 0 Å². The van der Waals surface area contributed by atoms with E-state index >= 15 is 0 Å². The zero-order valence-corrected chi connectivity index (χ0v) is 38.1. The molecule has 0 heterocycles. The van der Waals surface area contributed by atoms with Crippen LogP contribution in [0.15, 0.2) is 0 Å². The van der Waals surface area contributed by atoms with Gasteiger partial charge in [-0.3, -0.25) is 38.4 Å². The fraction of sp³-hybridized carbons (Fsp3) is 0.700. The van der Waals surface area contributed by atoms with Crippen LogP contribution in [0.4, 0.5) is 0 Å². The third-order valence-electron chi connectivity index (χ3n) is 6.56. The second-order valence-corrected chi connectivity index (χ2v) is 12.8. The van der Waals surface area contributed by atoms with Gasteiger partial charge in [0.15, 0.2) is 23.1 Å². The van der Waals surface area contributed by atoms with Crippen molar-refractivity contribution < 1.29 is 123 Å². The summed E-state index contributed by atoms with van der Waals surface area (Å²) in [5, 5.41) is 40.1. The SMILES string of the molecule is CCCCOCC(=O)CC(=O)CC(=O)[O-].CCCCOCC(=O)CC(=O)CC(=O)[O-].CCCCOCC(=O)CC(=O)CC(=O)[O-].CCCCOCC(=O)CC(=O)CC(=O)[O-].[Zr+4]. The number of hydrogen-bond acceptors (Lipinski definition) is 20. The molecule has 0 aliphatic carbocycles. The van der Waals surface area contributed by atoms with Gasteiger partial charge in [-0.1, -0.05) is 53.4 Å². The van der Waals surface area contributed by atoms with Gasteiger partial charge >= 0.3 is 26.2 Å². The van der Waals surface area contributed by atoms with Crippen LogP contribution in [-0.2, 0) is 103 Å². The molecule has 0 spiro atoms. The third-order valence-corrected chi connectivity index (χ3v) is 6.56. The Morgan fingerprint density at radius 1 is 0.295 bits per heavy atom. The Morgan fingerprint density at radius 2 is 0.459 bits per heavy atom. The predicted octanol–water partition coefficient (Wildman–Crippen LogP) is -2.12. The molecule has 344 valence electrons. The summed E-state index contributed by atoms with van der Waals surface area (Å²) >= 11 is 0. The molecule has 0 aromatic carbocycles. The second kappa shape index (κ2) is 47.0. The average molecular weight is 952 g/mol. The number of carboxylic acids is 4. The molecular weight excluding hydrogens is 892 g/mol. The zero-order valence-electron chi connectivity index (χ0n) is 35.6. The van der Waals surface area contributed by atoms with Gasteiger partial charge in [-0.2, -0.15) is 0 Å². The molecule has 20 nitrogen and oxygen atoms in total. The number of rotatable bonds is 36. The maximum Gasteiger partial charge on any atom is 4.00 e. The van der Waals surface area contributed by atoms with E-state index in [0.717, 1.165) is 51.4 Å². The van der Waals surface area contributed by atoms with Crippen molar-refractivity contribution in [2.45, 2.75) is 130 Å². The van der Waals surface area contributed by atoms with E-state index in [4.69, 9.17) is 18.9 Å². The minimum atomic E-state index is -1.46. The van der Waals surface area contributed by atoms with E-state index < -0.39 is 95.8 Å². The van der Waals surface area contributed by atoms with Crippen LogP contribution in [0.5, 0.6) is 0 Å². The Hall–Kier alpha value is -4.04. The molecular formula is C40H60O20Zr. The third kappa shape index (κ3) is 60.4. The van der Waals surface area contributed by atoms with Crippen molar-refractivity contribution in [3.8, 4) is 0 Å². The molecule has 0 aliphatic heterocycles. The number of carbonyl (C=O) groups is 12. The van der Waals surface area contributed by atoms with Crippen LogP contribution in [0.1, 0.15) is 130 Å². The number of aliphatic carboxylic acids is 4. The van der Waals surface area contributed by atoms with Crippen LogP contribution < -0.4 is 20.4 Å². The summed E-state index contributed by atoms with van der Waals surface area (Å²) in [5.74, 6) is -9.96. The number of hydrogen-bond donors (Lipinski definition) is 0. The van der Waals surface area contributed by atoms with Crippen molar-refractivity contribution in [3.63, 3.8) is 0 Å². The molecule has 0 N–H and O–H groups in total. The fourth-order valence-electron chi connectivity index (χ4n) is 3.71. The molecule has 21 heteroatoms. The van der Waals surface area contributed by atoms with Crippen molar-refractivity contribution in [1.82, 2.24) is 0 Å². The van der Waals surface area contributed by atoms with Crippen LogP contribution in [0.2, 0.25) is 0 Å². The van der Waals surface area contributed by atoms with Crippen molar-refractivity contribution in [2.24, 2.45) is 0 Å². The molecule has 0 atom stereocenters. The van der Waals surface area contributed by atoms with Crippen LogP contribution >= 0.6 is 0 Å². The van der Waals surface area contributed by atoms with Gasteiger partial charge in [0.25, 0.3) is 0 Å². The van der Waals surface area contributed by atoms with Crippen LogP contribution in [-0.4, -0.2) is 123 Å². The van der Waals surface area contributed by atoms with E-state index in [2.05, 4.69) is 0 Å². The summed E-state index contributed by atoms with van der Waals surface area (Å²) in [6.07, 6.45) is 2.94. The van der Waals surface area contributed by atoms with E-state index in [0.29, 0.717) is 26.4 Å². The molecule has 0 rings (SSSR count). The van der Waals surface area contributed by atoms with Gasteiger partial charge in [0, 0.05) is 76.0 Å². The molecule has 0 aromatic rings. The summed E-state index contributed by atoms with van der Waals surface area (Å²) in [5.41, 5.74) is 0. The van der Waals surface area contributed by atoms with E-state index in [-0.39, 0.29) is 78.3 Å². The van der Waals surface area contributed by atoms with Gasteiger partial charge in [-0.05, 0) is 25.7 Å². The molecule has 0 aromatic heterocycles. The first kappa shape index (κ1) is 66.1.